The Morgan fingerprint density at radius 2 is 2.05 bits per heavy atom. The van der Waals surface area contributed by atoms with Gasteiger partial charge in [-0.1, -0.05) is 6.92 Å². The van der Waals surface area contributed by atoms with Gasteiger partial charge < -0.3 is 10.6 Å². The molecule has 2 aromatic heterocycles. The molecule has 0 saturated heterocycles. The summed E-state index contributed by atoms with van der Waals surface area (Å²) in [6.07, 6.45) is 4.28. The lowest BCUT2D eigenvalue weighted by Crippen LogP contribution is -2.14. The fourth-order valence-electron chi connectivity index (χ4n) is 1.67. The van der Waals surface area contributed by atoms with Crippen molar-refractivity contribution < 1.29 is 4.79 Å². The number of hydrogen-bond donors (Lipinski definition) is 2. The Balaban J connectivity index is 2.06. The maximum Gasteiger partial charge on any atom is 0.274 e. The zero-order chi connectivity index (χ0) is 14.4. The highest BCUT2D eigenvalue weighted by atomic mass is 16.1. The highest BCUT2D eigenvalue weighted by molar-refractivity contribution is 6.03. The van der Waals surface area contributed by atoms with Crippen molar-refractivity contribution in [3.63, 3.8) is 0 Å². The first-order valence-corrected chi connectivity index (χ1v) is 6.63. The second kappa shape index (κ2) is 6.65. The summed E-state index contributed by atoms with van der Waals surface area (Å²) in [5.41, 5.74) is 2.85. The number of nitrogens with zero attached hydrogens (tertiary/aromatic N) is 2. The van der Waals surface area contributed by atoms with Gasteiger partial charge in [-0.25, -0.2) is 0 Å². The van der Waals surface area contributed by atoms with Gasteiger partial charge in [0.2, 0.25) is 0 Å². The smallest absolute Gasteiger partial charge is 0.274 e. The molecule has 1 amide bonds. The molecule has 0 saturated carbocycles. The summed E-state index contributed by atoms with van der Waals surface area (Å²) in [5.74, 6) is -0.240. The first kappa shape index (κ1) is 14.0. The molecular weight excluding hydrogens is 252 g/mol. The molecule has 2 heterocycles. The molecule has 2 aromatic rings. The van der Waals surface area contributed by atoms with E-state index in [0.717, 1.165) is 24.3 Å². The number of rotatable bonds is 5. The monoisotopic (exact) mass is 270 g/mol. The quantitative estimate of drug-likeness (QED) is 0.876. The zero-order valence-corrected chi connectivity index (χ0v) is 11.7. The first-order valence-electron chi connectivity index (χ1n) is 6.63. The minimum absolute atomic E-state index is 0.240. The van der Waals surface area contributed by atoms with Gasteiger partial charge in [0.05, 0.1) is 11.9 Å². The predicted octanol–water partition coefficient (Wildman–Crippen LogP) is 2.86. The van der Waals surface area contributed by atoms with Gasteiger partial charge >= 0.3 is 0 Å². The fourth-order valence-corrected chi connectivity index (χ4v) is 1.67. The van der Waals surface area contributed by atoms with Crippen molar-refractivity contribution in [3.8, 4) is 0 Å². The Morgan fingerprint density at radius 3 is 2.75 bits per heavy atom. The Bertz CT molecular complexity index is 581. The van der Waals surface area contributed by atoms with E-state index in [1.165, 1.54) is 0 Å². The molecule has 0 radical (unpaired) electrons. The summed E-state index contributed by atoms with van der Waals surface area (Å²) >= 11 is 0. The number of amides is 1. The molecule has 104 valence electrons. The van der Waals surface area contributed by atoms with Crippen LogP contribution in [-0.2, 0) is 0 Å². The van der Waals surface area contributed by atoms with Gasteiger partial charge in [0.25, 0.3) is 5.91 Å². The number of anilines is 2. The molecule has 0 fully saturated rings. The van der Waals surface area contributed by atoms with Crippen molar-refractivity contribution in [1.82, 2.24) is 9.97 Å². The van der Waals surface area contributed by atoms with Gasteiger partial charge in [0.15, 0.2) is 0 Å². The topological polar surface area (TPSA) is 66.9 Å². The Kier molecular flexibility index (Phi) is 4.65. The third-order valence-electron chi connectivity index (χ3n) is 2.74. The molecule has 2 rings (SSSR count). The number of carbonyl (C=O) groups excluding carboxylic acids is 1. The number of carbonyl (C=O) groups is 1. The summed E-state index contributed by atoms with van der Waals surface area (Å²) in [4.78, 5) is 20.3. The largest absolute Gasteiger partial charge is 0.385 e. The molecule has 5 nitrogen and oxygen atoms in total. The number of nitrogens with one attached hydrogen (secondary N) is 2. The molecule has 5 heteroatoms. The lowest BCUT2D eigenvalue weighted by Gasteiger charge is -2.07. The average molecular weight is 270 g/mol. The van der Waals surface area contributed by atoms with E-state index in [-0.39, 0.29) is 5.91 Å². The average Bonchev–Trinajstić information content (AvgIpc) is 2.48. The number of aromatic nitrogens is 2. The van der Waals surface area contributed by atoms with Gasteiger partial charge in [-0.3, -0.25) is 14.8 Å². The maximum absolute atomic E-state index is 12.1. The minimum Gasteiger partial charge on any atom is -0.385 e. The summed E-state index contributed by atoms with van der Waals surface area (Å²) in [6, 6.07) is 7.26. The van der Waals surface area contributed by atoms with Crippen LogP contribution in [-0.4, -0.2) is 22.4 Å². The predicted molar refractivity (Wildman–Crippen MR) is 79.9 cm³/mol. The SMILES string of the molecule is CCCNc1ccnc(C(=O)Nc2ccc(C)nc2)c1. The summed E-state index contributed by atoms with van der Waals surface area (Å²) < 4.78 is 0. The van der Waals surface area contributed by atoms with Crippen LogP contribution in [0.2, 0.25) is 0 Å². The van der Waals surface area contributed by atoms with Crippen LogP contribution in [0.25, 0.3) is 0 Å². The number of hydrogen-bond acceptors (Lipinski definition) is 4. The van der Waals surface area contributed by atoms with Crippen LogP contribution in [0, 0.1) is 6.92 Å². The van der Waals surface area contributed by atoms with Gasteiger partial charge in [0.1, 0.15) is 5.69 Å². The Hall–Kier alpha value is -2.43. The molecule has 0 unspecified atom stereocenters. The summed E-state index contributed by atoms with van der Waals surface area (Å²) in [7, 11) is 0. The highest BCUT2D eigenvalue weighted by Crippen LogP contribution is 2.11. The molecule has 2 N–H and O–H groups in total. The summed E-state index contributed by atoms with van der Waals surface area (Å²) in [6.45, 7) is 4.86. The van der Waals surface area contributed by atoms with E-state index in [1.807, 2.05) is 25.1 Å². The Morgan fingerprint density at radius 1 is 1.20 bits per heavy atom. The van der Waals surface area contributed by atoms with Gasteiger partial charge in [-0.15, -0.1) is 0 Å². The van der Waals surface area contributed by atoms with E-state index in [0.29, 0.717) is 11.4 Å². The Labute approximate surface area is 118 Å². The number of pyridine rings is 2. The van der Waals surface area contributed by atoms with Crippen molar-refractivity contribution in [3.05, 3.63) is 48.0 Å². The normalized spacial score (nSPS) is 10.1. The molecule has 20 heavy (non-hydrogen) atoms. The van der Waals surface area contributed by atoms with E-state index in [9.17, 15) is 4.79 Å². The lowest BCUT2D eigenvalue weighted by atomic mass is 10.3. The molecule has 0 spiro atoms. The van der Waals surface area contributed by atoms with Gasteiger partial charge in [-0.2, -0.15) is 0 Å². The van der Waals surface area contributed by atoms with Crippen LogP contribution in [0.1, 0.15) is 29.5 Å². The van der Waals surface area contributed by atoms with Crippen LogP contribution in [0.15, 0.2) is 36.7 Å². The van der Waals surface area contributed by atoms with Crippen LogP contribution in [0.3, 0.4) is 0 Å². The van der Waals surface area contributed by atoms with Crippen molar-refractivity contribution >= 4 is 17.3 Å². The molecule has 0 atom stereocenters. The molecule has 0 aliphatic heterocycles. The van der Waals surface area contributed by atoms with Gasteiger partial charge in [0, 0.05) is 24.1 Å². The van der Waals surface area contributed by atoms with Crippen LogP contribution in [0.4, 0.5) is 11.4 Å². The van der Waals surface area contributed by atoms with Crippen LogP contribution in [0.5, 0.6) is 0 Å². The van der Waals surface area contributed by atoms with Crippen molar-refractivity contribution in [1.29, 1.82) is 0 Å². The zero-order valence-electron chi connectivity index (χ0n) is 11.7. The third-order valence-corrected chi connectivity index (χ3v) is 2.74. The maximum atomic E-state index is 12.1. The fraction of sp³-hybridized carbons (Fsp3) is 0.267. The molecule has 0 bridgehead atoms. The lowest BCUT2D eigenvalue weighted by molar-refractivity contribution is 0.102. The summed E-state index contributed by atoms with van der Waals surface area (Å²) in [5, 5.41) is 6.01. The molecule has 0 aromatic carbocycles. The second-order valence-corrected chi connectivity index (χ2v) is 4.50. The van der Waals surface area contributed by atoms with E-state index >= 15 is 0 Å². The van der Waals surface area contributed by atoms with Crippen molar-refractivity contribution in [2.75, 3.05) is 17.2 Å². The van der Waals surface area contributed by atoms with E-state index in [1.54, 1.807) is 18.5 Å². The first-order chi connectivity index (χ1) is 9.69. The second-order valence-electron chi connectivity index (χ2n) is 4.50. The number of aryl methyl sites for hydroxylation is 1. The van der Waals surface area contributed by atoms with E-state index in [2.05, 4.69) is 27.5 Å². The van der Waals surface area contributed by atoms with Crippen molar-refractivity contribution in [2.45, 2.75) is 20.3 Å². The minimum atomic E-state index is -0.240. The van der Waals surface area contributed by atoms with E-state index in [4.69, 9.17) is 0 Å². The van der Waals surface area contributed by atoms with E-state index < -0.39 is 0 Å². The van der Waals surface area contributed by atoms with Crippen molar-refractivity contribution in [2.24, 2.45) is 0 Å². The highest BCUT2D eigenvalue weighted by Gasteiger charge is 2.08. The molecule has 0 aliphatic carbocycles. The molecule has 0 aliphatic rings. The van der Waals surface area contributed by atoms with Gasteiger partial charge in [-0.05, 0) is 37.6 Å². The van der Waals surface area contributed by atoms with Crippen LogP contribution < -0.4 is 10.6 Å². The van der Waals surface area contributed by atoms with Crippen LogP contribution >= 0.6 is 0 Å². The standard InChI is InChI=1S/C15H18N4O/c1-3-7-16-12-6-8-17-14(9-12)15(20)19-13-5-4-11(2)18-10-13/h4-6,8-10H,3,7H2,1-2H3,(H,16,17)(H,19,20). The third kappa shape index (κ3) is 3.78. The molecular formula is C15H18N4O.